The molecular weight excluding hydrogens is 593 g/mol. The molecule has 0 radical (unpaired) electrons. The molecule has 4 aliphatic carbocycles. The Morgan fingerprint density at radius 3 is 2.24 bits per heavy atom. The van der Waals surface area contributed by atoms with Crippen molar-refractivity contribution in [2.45, 2.75) is 118 Å². The third-order valence-electron chi connectivity index (χ3n) is 12.7. The first kappa shape index (κ1) is 38.7. The standard InChI is InChI=1S/C35H64NO7P.H2O/c1-25(2)10-9-11-26(3)30-14-15-31-29-13-12-27-24-28(16-18-34(27,4)32(29)17-19-35(30,31)5)43-33(37)40-22-23-42-44(38,39)41-21-20-36(6,7)8;/h25-32H,9-24H2,1-8H3;1H2/t26-,27+,28?,29+,30-,31+,32+,34+,35-;/m1./s1. The lowest BCUT2D eigenvalue weighted by atomic mass is 9.44. The quantitative estimate of drug-likeness (QED) is 0.0856. The topological polar surface area (TPSA) is 121 Å². The van der Waals surface area contributed by atoms with Gasteiger partial charge >= 0.3 is 14.0 Å². The normalized spacial score (nSPS) is 36.6. The molecule has 0 aromatic carbocycles. The van der Waals surface area contributed by atoms with E-state index in [1.54, 1.807) is 0 Å². The maximum atomic E-state index is 12.5. The van der Waals surface area contributed by atoms with Crippen molar-refractivity contribution in [1.29, 1.82) is 0 Å². The number of likely N-dealkylation sites (N-methyl/N-ethyl adjacent to an activating group) is 1. The van der Waals surface area contributed by atoms with Crippen molar-refractivity contribution in [3.63, 3.8) is 0 Å². The average Bonchev–Trinajstić information content (AvgIpc) is 3.27. The number of hydrogen-bond donors (Lipinski definition) is 1. The molecule has 0 bridgehead atoms. The van der Waals surface area contributed by atoms with Gasteiger partial charge in [-0.15, -0.1) is 0 Å². The molecule has 45 heavy (non-hydrogen) atoms. The molecule has 0 aromatic heterocycles. The highest BCUT2D eigenvalue weighted by molar-refractivity contribution is 7.47. The summed E-state index contributed by atoms with van der Waals surface area (Å²) >= 11 is 0. The van der Waals surface area contributed by atoms with E-state index in [-0.39, 0.29) is 31.4 Å². The lowest BCUT2D eigenvalue weighted by molar-refractivity contribution is -0.870. The molecular formula is C35H66NO8P. The van der Waals surface area contributed by atoms with Gasteiger partial charge < -0.3 is 24.3 Å². The van der Waals surface area contributed by atoms with Crippen LogP contribution in [-0.4, -0.2) is 74.6 Å². The van der Waals surface area contributed by atoms with Crippen LogP contribution in [-0.2, 0) is 23.1 Å². The molecule has 2 N–H and O–H groups in total. The molecule has 0 spiro atoms. The Balaban J connectivity index is 0.00000552. The first-order valence-electron chi connectivity index (χ1n) is 17.8. The maximum absolute atomic E-state index is 12.5. The number of carbonyl (C=O) groups excluding carboxylic acids is 1. The molecule has 0 heterocycles. The fraction of sp³-hybridized carbons (Fsp3) is 0.971. The van der Waals surface area contributed by atoms with Crippen LogP contribution in [0.2, 0.25) is 0 Å². The molecule has 2 unspecified atom stereocenters. The first-order chi connectivity index (χ1) is 20.5. The molecule has 0 aliphatic heterocycles. The summed E-state index contributed by atoms with van der Waals surface area (Å²) in [7, 11) is 1.72. The van der Waals surface area contributed by atoms with Crippen LogP contribution in [0.5, 0.6) is 0 Å². The van der Waals surface area contributed by atoms with Crippen LogP contribution in [0.3, 0.4) is 0 Å². The summed E-state index contributed by atoms with van der Waals surface area (Å²) in [6.45, 7) is 12.8. The molecule has 10 heteroatoms. The van der Waals surface area contributed by atoms with Gasteiger partial charge in [0.25, 0.3) is 0 Å². The van der Waals surface area contributed by atoms with Gasteiger partial charge in [-0.2, -0.15) is 0 Å². The Morgan fingerprint density at radius 2 is 1.56 bits per heavy atom. The number of phosphoric acid groups is 1. The predicted molar refractivity (Wildman–Crippen MR) is 176 cm³/mol. The summed E-state index contributed by atoms with van der Waals surface area (Å²) in [4.78, 5) is 22.3. The molecule has 10 atom stereocenters. The number of phosphoric ester groups is 1. The molecule has 4 rings (SSSR count). The Labute approximate surface area is 274 Å². The summed E-state index contributed by atoms with van der Waals surface area (Å²) in [5, 5.41) is 0. The largest absolute Gasteiger partial charge is 0.870 e. The minimum absolute atomic E-state index is 0. The summed E-state index contributed by atoms with van der Waals surface area (Å²) in [5.41, 5.74) is 0.841. The zero-order chi connectivity index (χ0) is 32.3. The Kier molecular flexibility index (Phi) is 13.5. The number of hydrogen-bond acceptors (Lipinski definition) is 7. The summed E-state index contributed by atoms with van der Waals surface area (Å²) in [5.74, 6) is 5.63. The van der Waals surface area contributed by atoms with Crippen LogP contribution in [0.15, 0.2) is 0 Å². The molecule has 9 nitrogen and oxygen atoms in total. The van der Waals surface area contributed by atoms with E-state index >= 15 is 0 Å². The lowest BCUT2D eigenvalue weighted by Crippen LogP contribution is -2.54. The SMILES string of the molecule is CC(C)CCC[C@@H](C)[C@H]1CC[C@H]2[C@@H]3CC[C@H]4CC(OC(=O)OCCOP(=O)(O)OCC[N+](C)(C)C)CC[C@]4(C)[C@H]3CC[C@]12C.[OH-]. The fourth-order valence-corrected chi connectivity index (χ4v) is 11.0. The second-order valence-electron chi connectivity index (χ2n) is 16.9. The van der Waals surface area contributed by atoms with Crippen LogP contribution in [0.1, 0.15) is 112 Å². The van der Waals surface area contributed by atoms with Gasteiger partial charge in [-0.25, -0.2) is 9.36 Å². The van der Waals surface area contributed by atoms with E-state index in [9.17, 15) is 14.3 Å². The van der Waals surface area contributed by atoms with Gasteiger partial charge in [0.15, 0.2) is 0 Å². The molecule has 4 aliphatic rings. The van der Waals surface area contributed by atoms with Gasteiger partial charge in [0.05, 0.1) is 27.7 Å². The van der Waals surface area contributed by atoms with Crippen molar-refractivity contribution >= 4 is 14.0 Å². The van der Waals surface area contributed by atoms with Gasteiger partial charge in [-0.1, -0.05) is 53.9 Å². The highest BCUT2D eigenvalue weighted by Gasteiger charge is 2.60. The Hall–Kier alpha value is -0.700. The van der Waals surface area contributed by atoms with Crippen molar-refractivity contribution in [2.24, 2.45) is 52.3 Å². The average molecular weight is 660 g/mol. The summed E-state index contributed by atoms with van der Waals surface area (Å²) in [6, 6.07) is 0. The first-order valence-corrected chi connectivity index (χ1v) is 19.3. The van der Waals surface area contributed by atoms with Crippen molar-refractivity contribution < 1.29 is 42.7 Å². The summed E-state index contributed by atoms with van der Waals surface area (Å²) < 4.78 is 33.5. The second kappa shape index (κ2) is 15.7. The molecule has 4 fully saturated rings. The van der Waals surface area contributed by atoms with E-state index in [1.807, 2.05) is 21.1 Å². The van der Waals surface area contributed by atoms with E-state index in [0.717, 1.165) is 54.8 Å². The lowest BCUT2D eigenvalue weighted by Gasteiger charge is -2.61. The van der Waals surface area contributed by atoms with E-state index in [0.29, 0.717) is 27.8 Å². The van der Waals surface area contributed by atoms with Gasteiger partial charge in [-0.05, 0) is 110 Å². The Morgan fingerprint density at radius 1 is 0.889 bits per heavy atom. The van der Waals surface area contributed by atoms with E-state index < -0.39 is 14.0 Å². The summed E-state index contributed by atoms with van der Waals surface area (Å²) in [6.07, 6.45) is 14.3. The van der Waals surface area contributed by atoms with Crippen molar-refractivity contribution in [1.82, 2.24) is 0 Å². The molecule has 0 saturated heterocycles. The third kappa shape index (κ3) is 9.69. The van der Waals surface area contributed by atoms with Gasteiger partial charge in [0.2, 0.25) is 0 Å². The number of carbonyl (C=O) groups is 1. The van der Waals surface area contributed by atoms with E-state index in [2.05, 4.69) is 34.6 Å². The molecule has 0 aromatic rings. The predicted octanol–water partition coefficient (Wildman–Crippen LogP) is 8.29. The zero-order valence-electron chi connectivity index (χ0n) is 29.7. The molecule has 0 amide bonds. The number of nitrogens with zero attached hydrogens (tertiary/aromatic N) is 1. The molecule has 4 saturated carbocycles. The fourth-order valence-electron chi connectivity index (χ4n) is 10.3. The highest BCUT2D eigenvalue weighted by atomic mass is 31.2. The number of rotatable bonds is 14. The van der Waals surface area contributed by atoms with Crippen LogP contribution in [0.4, 0.5) is 4.79 Å². The van der Waals surface area contributed by atoms with Crippen LogP contribution < -0.4 is 0 Å². The number of ether oxygens (including phenoxy) is 2. The van der Waals surface area contributed by atoms with Crippen LogP contribution >= 0.6 is 7.82 Å². The Bertz CT molecular complexity index is 1000. The highest BCUT2D eigenvalue weighted by Crippen LogP contribution is 2.68. The smallest absolute Gasteiger partial charge is 0.508 e. The number of fused-ring (bicyclic) bond motifs is 5. The van der Waals surface area contributed by atoms with Gasteiger partial charge in [0, 0.05) is 0 Å². The minimum Gasteiger partial charge on any atom is -0.870 e. The van der Waals surface area contributed by atoms with Crippen LogP contribution in [0, 0.1) is 52.3 Å². The monoisotopic (exact) mass is 659 g/mol. The van der Waals surface area contributed by atoms with Gasteiger partial charge in [0.1, 0.15) is 25.9 Å². The van der Waals surface area contributed by atoms with Crippen LogP contribution in [0.25, 0.3) is 0 Å². The third-order valence-corrected chi connectivity index (χ3v) is 13.7. The van der Waals surface area contributed by atoms with Crippen molar-refractivity contribution in [3.05, 3.63) is 0 Å². The maximum Gasteiger partial charge on any atom is 0.508 e. The zero-order valence-corrected chi connectivity index (χ0v) is 30.6. The number of quaternary nitrogens is 1. The van der Waals surface area contributed by atoms with Crippen molar-refractivity contribution in [3.8, 4) is 0 Å². The minimum atomic E-state index is -4.18. The van der Waals surface area contributed by atoms with E-state index in [1.165, 1.54) is 57.8 Å². The molecule has 264 valence electrons. The van der Waals surface area contributed by atoms with Crippen molar-refractivity contribution in [2.75, 3.05) is 47.5 Å². The van der Waals surface area contributed by atoms with Gasteiger partial charge in [-0.3, -0.25) is 9.05 Å². The van der Waals surface area contributed by atoms with E-state index in [4.69, 9.17) is 18.5 Å². The second-order valence-corrected chi connectivity index (χ2v) is 18.4.